The summed E-state index contributed by atoms with van der Waals surface area (Å²) >= 11 is 1.40. The van der Waals surface area contributed by atoms with Crippen molar-refractivity contribution < 1.29 is 13.9 Å². The van der Waals surface area contributed by atoms with Gasteiger partial charge in [0.05, 0.1) is 31.0 Å². The van der Waals surface area contributed by atoms with Crippen LogP contribution in [0.3, 0.4) is 0 Å². The number of thioether (sulfide) groups is 1. The maximum Gasteiger partial charge on any atom is 0.173 e. The summed E-state index contributed by atoms with van der Waals surface area (Å²) in [6, 6.07) is 13.5. The molecule has 4 rings (SSSR count). The molecule has 2 aromatic carbocycles. The molecule has 144 valence electrons. The average molecular weight is 397 g/mol. The van der Waals surface area contributed by atoms with E-state index in [4.69, 9.17) is 14.7 Å². The van der Waals surface area contributed by atoms with Gasteiger partial charge in [-0.3, -0.25) is 9.69 Å². The zero-order chi connectivity index (χ0) is 19.3. The highest BCUT2D eigenvalue weighted by Gasteiger charge is 2.15. The van der Waals surface area contributed by atoms with Gasteiger partial charge in [-0.05, 0) is 30.3 Å². The molecule has 1 aliphatic heterocycles. The van der Waals surface area contributed by atoms with Crippen molar-refractivity contribution in [2.24, 2.45) is 0 Å². The smallest absolute Gasteiger partial charge is 0.173 e. The lowest BCUT2D eigenvalue weighted by Crippen LogP contribution is -2.36. The predicted octanol–water partition coefficient (Wildman–Crippen LogP) is 3.58. The summed E-state index contributed by atoms with van der Waals surface area (Å²) in [6.45, 7) is 3.83. The fourth-order valence-corrected chi connectivity index (χ4v) is 4.02. The molecule has 7 heteroatoms. The molecule has 0 N–H and O–H groups in total. The van der Waals surface area contributed by atoms with E-state index in [-0.39, 0.29) is 17.4 Å². The lowest BCUT2D eigenvalue weighted by molar-refractivity contribution is 0.0330. The van der Waals surface area contributed by atoms with Crippen LogP contribution in [0.5, 0.6) is 0 Å². The minimum absolute atomic E-state index is 0.0533. The van der Waals surface area contributed by atoms with Crippen LogP contribution in [0.25, 0.3) is 10.9 Å². The monoisotopic (exact) mass is 397 g/mol. The van der Waals surface area contributed by atoms with Crippen molar-refractivity contribution in [3.8, 4) is 0 Å². The summed E-state index contributed by atoms with van der Waals surface area (Å²) in [6.07, 6.45) is 0. The second-order valence-corrected chi connectivity index (χ2v) is 7.53. The number of rotatable bonds is 6. The zero-order valence-corrected chi connectivity index (χ0v) is 16.1. The van der Waals surface area contributed by atoms with Gasteiger partial charge >= 0.3 is 0 Å². The molecular formula is C21H20FN3O2S. The molecule has 5 nitrogen and oxygen atoms in total. The minimum Gasteiger partial charge on any atom is -0.379 e. The van der Waals surface area contributed by atoms with Crippen LogP contribution in [0, 0.1) is 5.82 Å². The van der Waals surface area contributed by atoms with Gasteiger partial charge in [-0.15, -0.1) is 0 Å². The van der Waals surface area contributed by atoms with Crippen LogP contribution in [0.4, 0.5) is 4.39 Å². The maximum atomic E-state index is 13.1. The first-order valence-electron chi connectivity index (χ1n) is 9.16. The third-order valence-electron chi connectivity index (χ3n) is 4.59. The van der Waals surface area contributed by atoms with Gasteiger partial charge < -0.3 is 4.74 Å². The number of aromatic nitrogens is 2. The molecule has 3 aromatic rings. The van der Waals surface area contributed by atoms with E-state index >= 15 is 0 Å². The quantitative estimate of drug-likeness (QED) is 0.360. The Labute approximate surface area is 166 Å². The van der Waals surface area contributed by atoms with Crippen LogP contribution >= 0.6 is 11.8 Å². The molecule has 1 saturated heterocycles. The molecule has 1 fully saturated rings. The predicted molar refractivity (Wildman–Crippen MR) is 107 cm³/mol. The summed E-state index contributed by atoms with van der Waals surface area (Å²) in [5, 5.41) is 1.73. The van der Waals surface area contributed by atoms with E-state index in [1.54, 1.807) is 0 Å². The molecular weight excluding hydrogens is 377 g/mol. The Morgan fingerprint density at radius 1 is 1.07 bits per heavy atom. The number of carbonyl (C=O) groups excluding carboxylic acids is 1. The van der Waals surface area contributed by atoms with Crippen LogP contribution in [0.2, 0.25) is 0 Å². The summed E-state index contributed by atoms with van der Waals surface area (Å²) in [4.78, 5) is 24.2. The largest absolute Gasteiger partial charge is 0.379 e. The van der Waals surface area contributed by atoms with Crippen molar-refractivity contribution >= 4 is 28.4 Å². The van der Waals surface area contributed by atoms with Crippen LogP contribution < -0.4 is 0 Å². The van der Waals surface area contributed by atoms with E-state index in [1.165, 1.54) is 36.0 Å². The van der Waals surface area contributed by atoms with E-state index in [2.05, 4.69) is 4.90 Å². The van der Waals surface area contributed by atoms with Crippen molar-refractivity contribution in [2.75, 3.05) is 32.1 Å². The van der Waals surface area contributed by atoms with Crippen LogP contribution in [0.1, 0.15) is 16.2 Å². The fraction of sp³-hybridized carbons (Fsp3) is 0.286. The first kappa shape index (κ1) is 19.0. The number of hydrogen-bond donors (Lipinski definition) is 0. The molecule has 0 unspecified atom stereocenters. The van der Waals surface area contributed by atoms with Crippen molar-refractivity contribution in [3.63, 3.8) is 0 Å². The molecule has 0 aliphatic carbocycles. The first-order chi connectivity index (χ1) is 13.7. The van der Waals surface area contributed by atoms with E-state index in [0.29, 0.717) is 12.1 Å². The van der Waals surface area contributed by atoms with Gasteiger partial charge in [-0.1, -0.05) is 30.0 Å². The Kier molecular flexibility index (Phi) is 5.95. The van der Waals surface area contributed by atoms with Crippen LogP contribution in [-0.4, -0.2) is 52.7 Å². The standard InChI is InChI=1S/C21H20FN3O2S/c22-16-7-5-15(6-8-16)19(26)14-28-21-17-3-1-2-4-18(17)23-20(24-21)13-25-9-11-27-12-10-25/h1-8H,9-14H2. The summed E-state index contributed by atoms with van der Waals surface area (Å²) in [5.74, 6) is 0.586. The molecule has 0 atom stereocenters. The molecule has 0 spiro atoms. The third kappa shape index (κ3) is 4.55. The van der Waals surface area contributed by atoms with Crippen molar-refractivity contribution in [2.45, 2.75) is 11.6 Å². The first-order valence-corrected chi connectivity index (χ1v) is 10.1. The molecule has 0 bridgehead atoms. The number of benzene rings is 2. The Morgan fingerprint density at radius 2 is 1.82 bits per heavy atom. The van der Waals surface area contributed by atoms with Gasteiger partial charge in [0.1, 0.15) is 16.7 Å². The minimum atomic E-state index is -0.348. The summed E-state index contributed by atoms with van der Waals surface area (Å²) in [5.41, 5.74) is 1.37. The normalized spacial score (nSPS) is 15.0. The number of ether oxygens (including phenoxy) is 1. The maximum absolute atomic E-state index is 13.1. The molecule has 1 aliphatic rings. The van der Waals surface area contributed by atoms with Gasteiger partial charge in [0.2, 0.25) is 0 Å². The number of para-hydroxylation sites is 1. The molecule has 1 aromatic heterocycles. The number of hydrogen-bond acceptors (Lipinski definition) is 6. The number of nitrogens with zero attached hydrogens (tertiary/aromatic N) is 3. The number of fused-ring (bicyclic) bond motifs is 1. The SMILES string of the molecule is O=C(CSc1nc(CN2CCOCC2)nc2ccccc12)c1ccc(F)cc1. The van der Waals surface area contributed by atoms with E-state index < -0.39 is 0 Å². The fourth-order valence-electron chi connectivity index (χ4n) is 3.09. The lowest BCUT2D eigenvalue weighted by Gasteiger charge is -2.25. The summed E-state index contributed by atoms with van der Waals surface area (Å²) in [7, 11) is 0. The van der Waals surface area contributed by atoms with E-state index in [0.717, 1.165) is 48.1 Å². The van der Waals surface area contributed by atoms with Crippen LogP contribution in [-0.2, 0) is 11.3 Å². The average Bonchev–Trinajstić information content (AvgIpc) is 2.73. The van der Waals surface area contributed by atoms with E-state index in [1.807, 2.05) is 24.3 Å². The lowest BCUT2D eigenvalue weighted by atomic mass is 10.1. The number of morpholine rings is 1. The highest BCUT2D eigenvalue weighted by atomic mass is 32.2. The molecule has 2 heterocycles. The van der Waals surface area contributed by atoms with Crippen LogP contribution in [0.15, 0.2) is 53.6 Å². The third-order valence-corrected chi connectivity index (χ3v) is 5.58. The Morgan fingerprint density at radius 3 is 2.61 bits per heavy atom. The molecule has 28 heavy (non-hydrogen) atoms. The Balaban J connectivity index is 1.54. The van der Waals surface area contributed by atoms with Gasteiger partial charge in [0.25, 0.3) is 0 Å². The van der Waals surface area contributed by atoms with Gasteiger partial charge in [0, 0.05) is 24.0 Å². The van der Waals surface area contributed by atoms with Crippen molar-refractivity contribution in [1.29, 1.82) is 0 Å². The number of carbonyl (C=O) groups is 1. The van der Waals surface area contributed by atoms with Crippen molar-refractivity contribution in [1.82, 2.24) is 14.9 Å². The van der Waals surface area contributed by atoms with Gasteiger partial charge in [-0.25, -0.2) is 14.4 Å². The Hall–Kier alpha value is -2.35. The van der Waals surface area contributed by atoms with Gasteiger partial charge in [0.15, 0.2) is 5.78 Å². The highest BCUT2D eigenvalue weighted by molar-refractivity contribution is 8.00. The zero-order valence-electron chi connectivity index (χ0n) is 15.3. The number of ketones is 1. The molecule has 0 saturated carbocycles. The van der Waals surface area contributed by atoms with Crippen molar-refractivity contribution in [3.05, 3.63) is 65.7 Å². The van der Waals surface area contributed by atoms with Gasteiger partial charge in [-0.2, -0.15) is 0 Å². The summed E-state index contributed by atoms with van der Waals surface area (Å²) < 4.78 is 18.5. The highest BCUT2D eigenvalue weighted by Crippen LogP contribution is 2.26. The topological polar surface area (TPSA) is 55.3 Å². The number of Topliss-reactive ketones (excluding diaryl/α,β-unsaturated/α-hetero) is 1. The Bertz CT molecular complexity index is 975. The second kappa shape index (κ2) is 8.77. The van der Waals surface area contributed by atoms with E-state index in [9.17, 15) is 9.18 Å². The number of halogens is 1. The molecule has 0 amide bonds. The second-order valence-electron chi connectivity index (χ2n) is 6.57. The molecule has 0 radical (unpaired) electrons.